The van der Waals surface area contributed by atoms with E-state index in [9.17, 15) is 14.7 Å². The summed E-state index contributed by atoms with van der Waals surface area (Å²) in [6, 6.07) is 9.82. The third-order valence-electron chi connectivity index (χ3n) is 4.93. The van der Waals surface area contributed by atoms with Gasteiger partial charge in [0.05, 0.1) is 17.9 Å². The first-order chi connectivity index (χ1) is 13.2. The Balaban J connectivity index is 2.03. The van der Waals surface area contributed by atoms with Crippen LogP contribution in [0.15, 0.2) is 42.5 Å². The normalized spacial score (nSPS) is 20.5. The maximum Gasteiger partial charge on any atom is 0.313 e. The number of carboxylic acids is 1. The van der Waals surface area contributed by atoms with Crippen LogP contribution in [0.1, 0.15) is 58.4 Å². The Hall–Kier alpha value is -2.14. The second-order valence-electron chi connectivity index (χ2n) is 8.52. The molecule has 154 valence electrons. The number of benzene rings is 1. The van der Waals surface area contributed by atoms with Gasteiger partial charge >= 0.3 is 11.9 Å². The Morgan fingerprint density at radius 3 is 2.50 bits per heavy atom. The van der Waals surface area contributed by atoms with Crippen molar-refractivity contribution in [2.24, 2.45) is 11.3 Å². The molecule has 1 aliphatic rings. The Morgan fingerprint density at radius 1 is 1.21 bits per heavy atom. The lowest BCUT2D eigenvalue weighted by molar-refractivity contribution is -0.163. The zero-order valence-electron chi connectivity index (χ0n) is 17.1. The van der Waals surface area contributed by atoms with E-state index in [1.165, 1.54) is 0 Å². The molecule has 0 amide bonds. The van der Waals surface area contributed by atoms with E-state index in [2.05, 4.69) is 0 Å². The van der Waals surface area contributed by atoms with Gasteiger partial charge in [-0.2, -0.15) is 0 Å². The van der Waals surface area contributed by atoms with Crippen LogP contribution >= 0.6 is 0 Å². The van der Waals surface area contributed by atoms with Crippen LogP contribution in [0.2, 0.25) is 0 Å². The molecule has 28 heavy (non-hydrogen) atoms. The topological polar surface area (TPSA) is 72.8 Å². The van der Waals surface area contributed by atoms with E-state index in [1.807, 2.05) is 57.2 Å². The number of ether oxygens (including phenoxy) is 2. The van der Waals surface area contributed by atoms with Crippen LogP contribution in [0.4, 0.5) is 0 Å². The van der Waals surface area contributed by atoms with E-state index < -0.39 is 22.9 Å². The van der Waals surface area contributed by atoms with Gasteiger partial charge in [0, 0.05) is 6.61 Å². The van der Waals surface area contributed by atoms with E-state index in [1.54, 1.807) is 6.08 Å². The van der Waals surface area contributed by atoms with Crippen molar-refractivity contribution in [1.82, 2.24) is 0 Å². The zero-order chi connectivity index (χ0) is 20.6. The number of carboxylic acid groups (broad SMARTS) is 1. The highest BCUT2D eigenvalue weighted by Gasteiger charge is 2.41. The van der Waals surface area contributed by atoms with Gasteiger partial charge in [-0.25, -0.2) is 0 Å². The maximum absolute atomic E-state index is 12.8. The van der Waals surface area contributed by atoms with Crippen LogP contribution in [0, 0.1) is 11.3 Å². The van der Waals surface area contributed by atoms with Crippen molar-refractivity contribution < 1.29 is 24.2 Å². The molecule has 0 aliphatic heterocycles. The van der Waals surface area contributed by atoms with E-state index >= 15 is 0 Å². The number of carbonyl (C=O) groups excluding carboxylic acids is 1. The van der Waals surface area contributed by atoms with E-state index in [-0.39, 0.29) is 12.4 Å². The van der Waals surface area contributed by atoms with Crippen LogP contribution < -0.4 is 0 Å². The molecular weight excluding hydrogens is 356 g/mol. The number of aliphatic carboxylic acids is 1. The molecule has 0 spiro atoms. The molecule has 0 bridgehead atoms. The summed E-state index contributed by atoms with van der Waals surface area (Å²) >= 11 is 0. The fourth-order valence-corrected chi connectivity index (χ4v) is 3.48. The average molecular weight is 389 g/mol. The van der Waals surface area contributed by atoms with Crippen molar-refractivity contribution in [3.05, 3.63) is 48.0 Å². The van der Waals surface area contributed by atoms with E-state index in [4.69, 9.17) is 9.47 Å². The second kappa shape index (κ2) is 9.87. The van der Waals surface area contributed by atoms with E-state index in [0.29, 0.717) is 26.1 Å². The molecule has 0 radical (unpaired) electrons. The van der Waals surface area contributed by atoms with Crippen LogP contribution in [0.5, 0.6) is 0 Å². The van der Waals surface area contributed by atoms with Crippen molar-refractivity contribution in [3.8, 4) is 0 Å². The summed E-state index contributed by atoms with van der Waals surface area (Å²) in [5.41, 5.74) is -0.549. The van der Waals surface area contributed by atoms with Gasteiger partial charge in [-0.15, -0.1) is 0 Å². The SMILES string of the molecule is CC(C)(C)OC(=O)C(CCOCc1ccccc1)CC1(C(=O)O)C=CCCC1. The fourth-order valence-electron chi connectivity index (χ4n) is 3.48. The van der Waals surface area contributed by atoms with Crippen molar-refractivity contribution >= 4 is 11.9 Å². The molecular formula is C23H32O5. The molecule has 1 aromatic rings. The van der Waals surface area contributed by atoms with E-state index in [0.717, 1.165) is 18.4 Å². The quantitative estimate of drug-likeness (QED) is 0.375. The largest absolute Gasteiger partial charge is 0.481 e. The first-order valence-electron chi connectivity index (χ1n) is 9.97. The highest BCUT2D eigenvalue weighted by atomic mass is 16.6. The fraction of sp³-hybridized carbons (Fsp3) is 0.565. The maximum atomic E-state index is 12.8. The van der Waals surface area contributed by atoms with Gasteiger partial charge in [-0.3, -0.25) is 9.59 Å². The molecule has 0 fully saturated rings. The Bertz CT molecular complexity index is 674. The first-order valence-corrected chi connectivity index (χ1v) is 9.97. The number of esters is 1. The van der Waals surface area contributed by atoms with Gasteiger partial charge in [0.15, 0.2) is 0 Å². The van der Waals surface area contributed by atoms with Crippen LogP contribution in [-0.4, -0.2) is 29.3 Å². The first kappa shape index (κ1) is 22.2. The number of hydrogen-bond donors (Lipinski definition) is 1. The Labute approximate surface area is 167 Å². The number of rotatable bonds is 9. The highest BCUT2D eigenvalue weighted by Crippen LogP contribution is 2.39. The van der Waals surface area contributed by atoms with Gasteiger partial charge < -0.3 is 14.6 Å². The van der Waals surface area contributed by atoms with Gasteiger partial charge in [0.1, 0.15) is 5.60 Å². The summed E-state index contributed by atoms with van der Waals surface area (Å²) in [4.78, 5) is 24.8. The molecule has 1 N–H and O–H groups in total. The Kier molecular flexibility index (Phi) is 7.81. The second-order valence-corrected chi connectivity index (χ2v) is 8.52. The van der Waals surface area contributed by atoms with Gasteiger partial charge in [0.25, 0.3) is 0 Å². The lowest BCUT2D eigenvalue weighted by atomic mass is 9.72. The predicted molar refractivity (Wildman–Crippen MR) is 108 cm³/mol. The molecule has 2 rings (SSSR count). The third kappa shape index (κ3) is 6.79. The highest BCUT2D eigenvalue weighted by molar-refractivity contribution is 5.79. The molecule has 1 aromatic carbocycles. The van der Waals surface area contributed by atoms with Gasteiger partial charge in [0.2, 0.25) is 0 Å². The minimum Gasteiger partial charge on any atom is -0.481 e. The van der Waals surface area contributed by atoms with Crippen molar-refractivity contribution in [1.29, 1.82) is 0 Å². The predicted octanol–water partition coefficient (Wildman–Crippen LogP) is 4.75. The molecule has 1 aliphatic carbocycles. The molecule has 0 saturated carbocycles. The standard InChI is InChI=1S/C23H32O5/c1-22(2,3)28-20(24)19(12-15-27-17-18-10-6-4-7-11-18)16-23(21(25)26)13-8-5-9-14-23/h4,6-8,10-11,13,19H,5,9,12,14-17H2,1-3H3,(H,25,26). The van der Waals surface area contributed by atoms with Crippen molar-refractivity contribution in [2.75, 3.05) is 6.61 Å². The molecule has 5 nitrogen and oxygen atoms in total. The van der Waals surface area contributed by atoms with Gasteiger partial charge in [-0.1, -0.05) is 42.5 Å². The molecule has 2 atom stereocenters. The molecule has 0 saturated heterocycles. The van der Waals surface area contributed by atoms with Crippen molar-refractivity contribution in [3.63, 3.8) is 0 Å². The van der Waals surface area contributed by atoms with Crippen LogP contribution in [0.3, 0.4) is 0 Å². The number of allylic oxidation sites excluding steroid dienone is 1. The number of hydrogen-bond acceptors (Lipinski definition) is 4. The molecule has 0 heterocycles. The van der Waals surface area contributed by atoms with Gasteiger partial charge in [-0.05, 0) is 58.4 Å². The summed E-state index contributed by atoms with van der Waals surface area (Å²) < 4.78 is 11.3. The average Bonchev–Trinajstić information content (AvgIpc) is 2.64. The zero-order valence-corrected chi connectivity index (χ0v) is 17.1. The molecule has 0 aromatic heterocycles. The van der Waals surface area contributed by atoms with Crippen molar-refractivity contribution in [2.45, 2.75) is 65.1 Å². The minimum absolute atomic E-state index is 0.239. The Morgan fingerprint density at radius 2 is 1.93 bits per heavy atom. The third-order valence-corrected chi connectivity index (χ3v) is 4.93. The van der Waals surface area contributed by atoms with Crippen LogP contribution in [0.25, 0.3) is 0 Å². The van der Waals surface area contributed by atoms with Crippen LogP contribution in [-0.2, 0) is 25.7 Å². The summed E-state index contributed by atoms with van der Waals surface area (Å²) in [5, 5.41) is 9.84. The summed E-state index contributed by atoms with van der Waals surface area (Å²) in [6.45, 7) is 6.30. The summed E-state index contributed by atoms with van der Waals surface area (Å²) in [7, 11) is 0. The smallest absolute Gasteiger partial charge is 0.313 e. The summed E-state index contributed by atoms with van der Waals surface area (Å²) in [6.07, 6.45) is 6.59. The summed E-state index contributed by atoms with van der Waals surface area (Å²) in [5.74, 6) is -1.74. The lowest BCUT2D eigenvalue weighted by Crippen LogP contribution is -2.37. The molecule has 2 unspecified atom stereocenters. The number of carbonyl (C=O) groups is 2. The minimum atomic E-state index is -1.00. The lowest BCUT2D eigenvalue weighted by Gasteiger charge is -2.33. The monoisotopic (exact) mass is 388 g/mol. The molecule has 5 heteroatoms.